The number of carbonyl (C=O) groups is 2. The van der Waals surface area contributed by atoms with Crippen LogP contribution in [0, 0.1) is 0 Å². The third kappa shape index (κ3) is 4.51. The Balaban J connectivity index is 2.25. The fourth-order valence-electron chi connectivity index (χ4n) is 1.15. The van der Waals surface area contributed by atoms with Crippen molar-refractivity contribution in [3.8, 4) is 0 Å². The zero-order chi connectivity index (χ0) is 10.9. The van der Waals surface area contributed by atoms with Crippen molar-refractivity contribution in [1.82, 2.24) is 0 Å². The highest BCUT2D eigenvalue weighted by Gasteiger charge is 1.94. The van der Waals surface area contributed by atoms with E-state index in [0.29, 0.717) is 25.2 Å². The van der Waals surface area contributed by atoms with Gasteiger partial charge in [0.15, 0.2) is 0 Å². The van der Waals surface area contributed by atoms with Crippen molar-refractivity contribution in [2.75, 3.05) is 6.61 Å². The Hall–Kier alpha value is -1.48. The van der Waals surface area contributed by atoms with Gasteiger partial charge in [0.1, 0.15) is 12.6 Å². The van der Waals surface area contributed by atoms with Crippen LogP contribution in [-0.4, -0.2) is 19.2 Å². The van der Waals surface area contributed by atoms with E-state index in [4.69, 9.17) is 4.74 Å². The van der Waals surface area contributed by atoms with Crippen molar-refractivity contribution in [3.05, 3.63) is 35.4 Å². The van der Waals surface area contributed by atoms with Gasteiger partial charge in [-0.15, -0.1) is 0 Å². The fourth-order valence-corrected chi connectivity index (χ4v) is 1.15. The van der Waals surface area contributed by atoms with Gasteiger partial charge >= 0.3 is 0 Å². The van der Waals surface area contributed by atoms with Crippen LogP contribution < -0.4 is 0 Å². The van der Waals surface area contributed by atoms with E-state index >= 15 is 0 Å². The molecule has 0 radical (unpaired) electrons. The molecule has 0 aliphatic carbocycles. The van der Waals surface area contributed by atoms with Gasteiger partial charge in [-0.25, -0.2) is 0 Å². The van der Waals surface area contributed by atoms with Crippen molar-refractivity contribution in [2.24, 2.45) is 0 Å². The van der Waals surface area contributed by atoms with Crippen molar-refractivity contribution in [2.45, 2.75) is 19.4 Å². The van der Waals surface area contributed by atoms with Gasteiger partial charge < -0.3 is 9.53 Å². The molecule has 0 heterocycles. The number of carbonyl (C=O) groups excluding carboxylic acids is 2. The lowest BCUT2D eigenvalue weighted by molar-refractivity contribution is -0.108. The van der Waals surface area contributed by atoms with E-state index in [1.807, 2.05) is 12.1 Å². The average Bonchev–Trinajstić information content (AvgIpc) is 2.30. The highest BCUT2D eigenvalue weighted by atomic mass is 16.5. The molecule has 1 aromatic rings. The lowest BCUT2D eigenvalue weighted by atomic mass is 10.2. The van der Waals surface area contributed by atoms with Gasteiger partial charge in [-0.2, -0.15) is 0 Å². The third-order valence-electron chi connectivity index (χ3n) is 2.00. The van der Waals surface area contributed by atoms with Gasteiger partial charge in [0.2, 0.25) is 0 Å². The topological polar surface area (TPSA) is 43.4 Å². The number of hydrogen-bond donors (Lipinski definition) is 0. The molecule has 0 spiro atoms. The van der Waals surface area contributed by atoms with Crippen molar-refractivity contribution < 1.29 is 14.3 Å². The molecule has 0 N–H and O–H groups in total. The highest BCUT2D eigenvalue weighted by Crippen LogP contribution is 2.04. The van der Waals surface area contributed by atoms with Gasteiger partial charge in [-0.05, 0) is 12.0 Å². The molecule has 1 rings (SSSR count). The minimum atomic E-state index is 0.526. The molecule has 0 aliphatic heterocycles. The van der Waals surface area contributed by atoms with Crippen LogP contribution in [0.25, 0.3) is 0 Å². The monoisotopic (exact) mass is 206 g/mol. The van der Waals surface area contributed by atoms with E-state index in [1.165, 1.54) is 0 Å². The molecule has 80 valence electrons. The maximum atomic E-state index is 10.4. The second-order valence-corrected chi connectivity index (χ2v) is 3.22. The summed E-state index contributed by atoms with van der Waals surface area (Å²) in [5, 5.41) is 0. The number of aldehydes is 2. The average molecular weight is 206 g/mol. The molecule has 0 fully saturated rings. The van der Waals surface area contributed by atoms with Crippen LogP contribution in [0.4, 0.5) is 0 Å². The van der Waals surface area contributed by atoms with Crippen molar-refractivity contribution >= 4 is 12.6 Å². The van der Waals surface area contributed by atoms with E-state index in [1.54, 1.807) is 12.1 Å². The van der Waals surface area contributed by atoms with Gasteiger partial charge in [-0.1, -0.05) is 24.3 Å². The predicted octanol–water partition coefficient (Wildman–Crippen LogP) is 1.99. The quantitative estimate of drug-likeness (QED) is 0.506. The Bertz CT molecular complexity index is 303. The Morgan fingerprint density at radius 2 is 1.87 bits per heavy atom. The molecule has 0 saturated carbocycles. The van der Waals surface area contributed by atoms with Crippen LogP contribution in [0.2, 0.25) is 0 Å². The van der Waals surface area contributed by atoms with E-state index in [-0.39, 0.29) is 0 Å². The lowest BCUT2D eigenvalue weighted by Gasteiger charge is -2.02. The summed E-state index contributed by atoms with van der Waals surface area (Å²) in [6, 6.07) is 7.25. The minimum Gasteiger partial charge on any atom is -0.377 e. The molecule has 3 heteroatoms. The number of benzene rings is 1. The van der Waals surface area contributed by atoms with Gasteiger partial charge in [-0.3, -0.25) is 4.79 Å². The number of rotatable bonds is 7. The Morgan fingerprint density at radius 3 is 2.47 bits per heavy atom. The smallest absolute Gasteiger partial charge is 0.150 e. The summed E-state index contributed by atoms with van der Waals surface area (Å²) in [7, 11) is 0. The normalized spacial score (nSPS) is 9.87. The minimum absolute atomic E-state index is 0.526. The molecule has 0 bridgehead atoms. The first kappa shape index (κ1) is 11.6. The van der Waals surface area contributed by atoms with Crippen LogP contribution in [0.1, 0.15) is 28.8 Å². The molecule has 0 aromatic heterocycles. The fraction of sp³-hybridized carbons (Fsp3) is 0.333. The molecule has 15 heavy (non-hydrogen) atoms. The molecule has 0 aliphatic rings. The molecular formula is C12H14O3. The largest absolute Gasteiger partial charge is 0.377 e. The van der Waals surface area contributed by atoms with Crippen LogP contribution in [0.5, 0.6) is 0 Å². The standard InChI is InChI=1S/C12H14O3/c13-7-1-2-8-15-10-12-5-3-11(9-14)4-6-12/h3-7,9H,1-2,8,10H2. The molecule has 0 atom stereocenters. The molecular weight excluding hydrogens is 192 g/mol. The maximum Gasteiger partial charge on any atom is 0.150 e. The first-order chi connectivity index (χ1) is 7.36. The molecule has 0 amide bonds. The summed E-state index contributed by atoms with van der Waals surface area (Å²) in [5.41, 5.74) is 1.70. The Morgan fingerprint density at radius 1 is 1.13 bits per heavy atom. The molecule has 1 aromatic carbocycles. The van der Waals surface area contributed by atoms with Crippen LogP contribution >= 0.6 is 0 Å². The molecule has 3 nitrogen and oxygen atoms in total. The molecule has 0 saturated heterocycles. The summed E-state index contributed by atoms with van der Waals surface area (Å²) in [5.74, 6) is 0. The van der Waals surface area contributed by atoms with Crippen LogP contribution in [-0.2, 0) is 16.1 Å². The zero-order valence-electron chi connectivity index (χ0n) is 8.52. The summed E-state index contributed by atoms with van der Waals surface area (Å²) < 4.78 is 5.35. The Kier molecular flexibility index (Phi) is 5.33. The summed E-state index contributed by atoms with van der Waals surface area (Å²) in [6.07, 6.45) is 3.01. The SMILES string of the molecule is O=CCCCOCc1ccc(C=O)cc1. The summed E-state index contributed by atoms with van der Waals surface area (Å²) in [6.45, 7) is 1.12. The third-order valence-corrected chi connectivity index (χ3v) is 2.00. The number of hydrogen-bond acceptors (Lipinski definition) is 3. The maximum absolute atomic E-state index is 10.4. The first-order valence-corrected chi connectivity index (χ1v) is 4.92. The highest BCUT2D eigenvalue weighted by molar-refractivity contribution is 5.74. The van der Waals surface area contributed by atoms with Gasteiger partial charge in [0.05, 0.1) is 6.61 Å². The molecule has 0 unspecified atom stereocenters. The van der Waals surface area contributed by atoms with E-state index in [9.17, 15) is 9.59 Å². The second kappa shape index (κ2) is 6.90. The predicted molar refractivity (Wildman–Crippen MR) is 56.8 cm³/mol. The van der Waals surface area contributed by atoms with E-state index < -0.39 is 0 Å². The zero-order valence-corrected chi connectivity index (χ0v) is 8.52. The van der Waals surface area contributed by atoms with Crippen molar-refractivity contribution in [1.29, 1.82) is 0 Å². The number of unbranched alkanes of at least 4 members (excludes halogenated alkanes) is 1. The number of ether oxygens (including phenoxy) is 1. The van der Waals surface area contributed by atoms with E-state index in [0.717, 1.165) is 24.6 Å². The summed E-state index contributed by atoms with van der Waals surface area (Å²) in [4.78, 5) is 20.4. The second-order valence-electron chi connectivity index (χ2n) is 3.22. The van der Waals surface area contributed by atoms with Crippen molar-refractivity contribution in [3.63, 3.8) is 0 Å². The van der Waals surface area contributed by atoms with Gasteiger partial charge in [0.25, 0.3) is 0 Å². The summed E-state index contributed by atoms with van der Waals surface area (Å²) >= 11 is 0. The van der Waals surface area contributed by atoms with Gasteiger partial charge in [0, 0.05) is 18.6 Å². The Labute approximate surface area is 89.1 Å². The lowest BCUT2D eigenvalue weighted by Crippen LogP contribution is -1.96. The van der Waals surface area contributed by atoms with E-state index in [2.05, 4.69) is 0 Å². The van der Waals surface area contributed by atoms with Crippen LogP contribution in [0.3, 0.4) is 0 Å². The first-order valence-electron chi connectivity index (χ1n) is 4.92. The van der Waals surface area contributed by atoms with Crippen LogP contribution in [0.15, 0.2) is 24.3 Å².